The van der Waals surface area contributed by atoms with Gasteiger partial charge in [-0.3, -0.25) is 4.79 Å². The van der Waals surface area contributed by atoms with Crippen LogP contribution in [0.1, 0.15) is 18.4 Å². The molecule has 1 aromatic carbocycles. The maximum atomic E-state index is 12.4. The molecule has 0 aromatic heterocycles. The molecule has 1 aliphatic heterocycles. The van der Waals surface area contributed by atoms with Gasteiger partial charge < -0.3 is 10.2 Å². The average molecular weight is 272 g/mol. The molecule has 0 bridgehead atoms. The van der Waals surface area contributed by atoms with E-state index in [0.29, 0.717) is 6.54 Å². The summed E-state index contributed by atoms with van der Waals surface area (Å²) in [5.74, 6) is -1.00. The quantitative estimate of drug-likeness (QED) is 0.917. The summed E-state index contributed by atoms with van der Waals surface area (Å²) in [6, 6.07) is 7.21. The van der Waals surface area contributed by atoms with Gasteiger partial charge in [0, 0.05) is 18.8 Å². The molecule has 0 saturated heterocycles. The summed E-state index contributed by atoms with van der Waals surface area (Å²) < 4.78 is 37.3. The number of hydrogen-bond donors (Lipinski definition) is 1. The first kappa shape index (κ1) is 13.7. The van der Waals surface area contributed by atoms with Crippen LogP contribution in [0.25, 0.3) is 0 Å². The molecule has 0 radical (unpaired) electrons. The highest BCUT2D eigenvalue weighted by atomic mass is 19.4. The summed E-state index contributed by atoms with van der Waals surface area (Å²) in [4.78, 5) is 13.1. The molecule has 1 aromatic rings. The molecule has 1 amide bonds. The molecule has 1 atom stereocenters. The highest BCUT2D eigenvalue weighted by Crippen LogP contribution is 2.32. The Bertz CT molecular complexity index is 473. The van der Waals surface area contributed by atoms with Crippen LogP contribution >= 0.6 is 0 Å². The van der Waals surface area contributed by atoms with Crippen molar-refractivity contribution in [3.63, 3.8) is 0 Å². The summed E-state index contributed by atoms with van der Waals surface area (Å²) in [5, 5.41) is 3.04. The lowest BCUT2D eigenvalue weighted by molar-refractivity contribution is -0.161. The molecule has 3 nitrogen and oxygen atoms in total. The van der Waals surface area contributed by atoms with Crippen molar-refractivity contribution in [3.8, 4) is 0 Å². The Hall–Kier alpha value is -1.72. The standard InChI is InChI=1S/C13H15F3N2O/c1-2-18(8-13(14,15)16)12(19)10-7-17-11-6-4-3-5-9(10)11/h3-6,10,17H,2,7-8H2,1H3. The van der Waals surface area contributed by atoms with Crippen molar-refractivity contribution in [2.75, 3.05) is 25.0 Å². The molecule has 104 valence electrons. The van der Waals surface area contributed by atoms with E-state index in [1.807, 2.05) is 12.1 Å². The molecule has 0 aliphatic carbocycles. The van der Waals surface area contributed by atoms with Gasteiger partial charge in [-0.15, -0.1) is 0 Å². The SMILES string of the molecule is CCN(CC(F)(F)F)C(=O)C1CNc2ccccc21. The largest absolute Gasteiger partial charge is 0.406 e. The maximum Gasteiger partial charge on any atom is 0.406 e. The van der Waals surface area contributed by atoms with Crippen LogP contribution in [0.2, 0.25) is 0 Å². The van der Waals surface area contributed by atoms with Gasteiger partial charge in [0.2, 0.25) is 5.91 Å². The normalized spacial score (nSPS) is 17.8. The lowest BCUT2D eigenvalue weighted by atomic mass is 10.00. The minimum Gasteiger partial charge on any atom is -0.384 e. The second-order valence-electron chi connectivity index (χ2n) is 4.49. The molecule has 0 fully saturated rings. The summed E-state index contributed by atoms with van der Waals surface area (Å²) >= 11 is 0. The fourth-order valence-corrected chi connectivity index (χ4v) is 2.29. The van der Waals surface area contributed by atoms with Crippen LogP contribution in [0.15, 0.2) is 24.3 Å². The lowest BCUT2D eigenvalue weighted by Crippen LogP contribution is -2.41. The summed E-state index contributed by atoms with van der Waals surface area (Å²) in [5.41, 5.74) is 1.59. The van der Waals surface area contributed by atoms with E-state index in [-0.39, 0.29) is 6.54 Å². The second-order valence-corrected chi connectivity index (χ2v) is 4.49. The smallest absolute Gasteiger partial charge is 0.384 e. The minimum absolute atomic E-state index is 0.0526. The number of rotatable bonds is 3. The Morgan fingerprint density at radius 1 is 1.42 bits per heavy atom. The zero-order valence-electron chi connectivity index (χ0n) is 10.5. The van der Waals surface area contributed by atoms with Crippen LogP contribution in [-0.2, 0) is 4.79 Å². The first-order valence-corrected chi connectivity index (χ1v) is 6.10. The molecule has 6 heteroatoms. The highest BCUT2D eigenvalue weighted by Gasteiger charge is 2.37. The van der Waals surface area contributed by atoms with Gasteiger partial charge >= 0.3 is 6.18 Å². The van der Waals surface area contributed by atoms with Crippen molar-refractivity contribution < 1.29 is 18.0 Å². The number of carbonyl (C=O) groups is 1. The predicted octanol–water partition coefficient (Wildman–Crippen LogP) is 2.61. The van der Waals surface area contributed by atoms with Crippen LogP contribution in [0.4, 0.5) is 18.9 Å². The number of anilines is 1. The number of para-hydroxylation sites is 1. The van der Waals surface area contributed by atoms with Crippen LogP contribution in [0, 0.1) is 0 Å². The van der Waals surface area contributed by atoms with E-state index in [4.69, 9.17) is 0 Å². The Balaban J connectivity index is 2.16. The number of carbonyl (C=O) groups excluding carboxylic acids is 1. The van der Waals surface area contributed by atoms with E-state index in [0.717, 1.165) is 16.2 Å². The van der Waals surface area contributed by atoms with E-state index in [1.54, 1.807) is 19.1 Å². The lowest BCUT2D eigenvalue weighted by Gasteiger charge is -2.25. The number of nitrogens with one attached hydrogen (secondary N) is 1. The van der Waals surface area contributed by atoms with Gasteiger partial charge in [0.25, 0.3) is 0 Å². The number of hydrogen-bond acceptors (Lipinski definition) is 2. The zero-order chi connectivity index (χ0) is 14.0. The van der Waals surface area contributed by atoms with Gasteiger partial charge in [-0.25, -0.2) is 0 Å². The fourth-order valence-electron chi connectivity index (χ4n) is 2.29. The number of nitrogens with zero attached hydrogens (tertiary/aromatic N) is 1. The van der Waals surface area contributed by atoms with Gasteiger partial charge in [-0.05, 0) is 18.6 Å². The highest BCUT2D eigenvalue weighted by molar-refractivity contribution is 5.88. The van der Waals surface area contributed by atoms with Crippen molar-refractivity contribution in [3.05, 3.63) is 29.8 Å². The summed E-state index contributed by atoms with van der Waals surface area (Å²) in [7, 11) is 0. The molecule has 1 N–H and O–H groups in total. The van der Waals surface area contributed by atoms with Gasteiger partial charge in [-0.2, -0.15) is 13.2 Å². The summed E-state index contributed by atoms with van der Waals surface area (Å²) in [6.45, 7) is 0.766. The third kappa shape index (κ3) is 3.00. The number of amides is 1. The van der Waals surface area contributed by atoms with Gasteiger partial charge in [0.1, 0.15) is 6.54 Å². The number of likely N-dealkylation sites (N-methyl/N-ethyl adjacent to an activating group) is 1. The fraction of sp³-hybridized carbons (Fsp3) is 0.462. The molecule has 1 heterocycles. The van der Waals surface area contributed by atoms with Crippen molar-refractivity contribution in [1.29, 1.82) is 0 Å². The van der Waals surface area contributed by atoms with E-state index >= 15 is 0 Å². The molecule has 19 heavy (non-hydrogen) atoms. The number of alkyl halides is 3. The first-order chi connectivity index (χ1) is 8.92. The molecule has 2 rings (SSSR count). The number of halogens is 3. The van der Waals surface area contributed by atoms with Gasteiger partial charge in [0.05, 0.1) is 5.92 Å². The van der Waals surface area contributed by atoms with Crippen molar-refractivity contribution in [2.45, 2.75) is 19.0 Å². The van der Waals surface area contributed by atoms with Crippen LogP contribution in [0.3, 0.4) is 0 Å². The molecule has 0 saturated carbocycles. The maximum absolute atomic E-state index is 12.4. The Morgan fingerprint density at radius 2 is 2.11 bits per heavy atom. The molecule has 1 unspecified atom stereocenters. The van der Waals surface area contributed by atoms with E-state index in [2.05, 4.69) is 5.32 Å². The Morgan fingerprint density at radius 3 is 2.74 bits per heavy atom. The van der Waals surface area contributed by atoms with Gasteiger partial charge in [0.15, 0.2) is 0 Å². The monoisotopic (exact) mass is 272 g/mol. The third-order valence-electron chi connectivity index (χ3n) is 3.19. The minimum atomic E-state index is -4.36. The second kappa shape index (κ2) is 5.11. The molecular weight excluding hydrogens is 257 g/mol. The number of fused-ring (bicyclic) bond motifs is 1. The van der Waals surface area contributed by atoms with Crippen molar-refractivity contribution in [1.82, 2.24) is 4.90 Å². The average Bonchev–Trinajstić information content (AvgIpc) is 2.78. The molecule has 0 spiro atoms. The number of benzene rings is 1. The molecule has 1 aliphatic rings. The van der Waals surface area contributed by atoms with Crippen molar-refractivity contribution >= 4 is 11.6 Å². The van der Waals surface area contributed by atoms with Crippen molar-refractivity contribution in [2.24, 2.45) is 0 Å². The Labute approximate surface area is 109 Å². The zero-order valence-corrected chi connectivity index (χ0v) is 10.5. The molecular formula is C13H15F3N2O. The first-order valence-electron chi connectivity index (χ1n) is 6.10. The van der Waals surface area contributed by atoms with Gasteiger partial charge in [-0.1, -0.05) is 18.2 Å². The van der Waals surface area contributed by atoms with E-state index < -0.39 is 24.5 Å². The van der Waals surface area contributed by atoms with Crippen LogP contribution in [0.5, 0.6) is 0 Å². The summed E-state index contributed by atoms with van der Waals surface area (Å²) in [6.07, 6.45) is -4.36. The van der Waals surface area contributed by atoms with Crippen LogP contribution < -0.4 is 5.32 Å². The van der Waals surface area contributed by atoms with Crippen LogP contribution in [-0.4, -0.2) is 36.6 Å². The topological polar surface area (TPSA) is 32.3 Å². The van der Waals surface area contributed by atoms with E-state index in [1.165, 1.54) is 0 Å². The predicted molar refractivity (Wildman–Crippen MR) is 66.0 cm³/mol. The van der Waals surface area contributed by atoms with E-state index in [9.17, 15) is 18.0 Å². The third-order valence-corrected chi connectivity index (χ3v) is 3.19. The Kier molecular flexibility index (Phi) is 3.68.